The molecule has 11 heteroatoms. The average molecular weight is 474 g/mol. The second-order valence-electron chi connectivity index (χ2n) is 9.35. The van der Waals surface area contributed by atoms with Gasteiger partial charge in [0.05, 0.1) is 13.3 Å². The van der Waals surface area contributed by atoms with Crippen LogP contribution in [0.2, 0.25) is 5.02 Å². The topological polar surface area (TPSA) is 118 Å². The Morgan fingerprint density at radius 3 is 2.67 bits per heavy atom. The molecule has 2 N–H and O–H groups in total. The zero-order chi connectivity index (χ0) is 23.8. The van der Waals surface area contributed by atoms with Gasteiger partial charge < -0.3 is 19.7 Å². The third kappa shape index (κ3) is 4.95. The average Bonchev–Trinajstić information content (AvgIpc) is 3.16. The lowest BCUT2D eigenvalue weighted by Gasteiger charge is -2.40. The number of ether oxygens (including phenoxy) is 2. The van der Waals surface area contributed by atoms with E-state index in [0.717, 1.165) is 31.7 Å². The number of hydrogen-bond acceptors (Lipinski definition) is 8. The van der Waals surface area contributed by atoms with Gasteiger partial charge in [0.15, 0.2) is 5.65 Å². The summed E-state index contributed by atoms with van der Waals surface area (Å²) >= 11 is 6.42. The lowest BCUT2D eigenvalue weighted by molar-refractivity contribution is 0.0448. The van der Waals surface area contributed by atoms with Crippen molar-refractivity contribution in [1.82, 2.24) is 30.5 Å². The summed E-state index contributed by atoms with van der Waals surface area (Å²) in [7, 11) is 1.51. The smallest absolute Gasteiger partial charge is 0.408 e. The molecule has 1 aliphatic rings. The van der Waals surface area contributed by atoms with Crippen molar-refractivity contribution in [3.05, 3.63) is 23.5 Å². The molecule has 0 aromatic carbocycles. The van der Waals surface area contributed by atoms with Crippen molar-refractivity contribution in [2.75, 3.05) is 25.1 Å². The van der Waals surface area contributed by atoms with E-state index < -0.39 is 11.7 Å². The van der Waals surface area contributed by atoms with Gasteiger partial charge in [-0.05, 0) is 46.6 Å². The fourth-order valence-electron chi connectivity index (χ4n) is 3.79. The number of anilines is 1. The molecule has 3 aromatic rings. The number of rotatable bonds is 4. The number of piperidine rings is 1. The molecule has 0 unspecified atom stereocenters. The number of nitrogens with one attached hydrogen (secondary N) is 2. The molecule has 4 rings (SSSR count). The number of hydrogen-bond donors (Lipinski definition) is 2. The second kappa shape index (κ2) is 8.66. The quantitative estimate of drug-likeness (QED) is 0.584. The minimum atomic E-state index is -0.527. The molecule has 33 heavy (non-hydrogen) atoms. The van der Waals surface area contributed by atoms with Gasteiger partial charge in [-0.25, -0.2) is 19.7 Å². The molecular formula is C22H28ClN7O3. The Kier molecular flexibility index (Phi) is 6.04. The van der Waals surface area contributed by atoms with Crippen molar-refractivity contribution in [3.63, 3.8) is 0 Å². The molecule has 1 fully saturated rings. The summed E-state index contributed by atoms with van der Waals surface area (Å²) in [5.41, 5.74) is 1.56. The summed E-state index contributed by atoms with van der Waals surface area (Å²) in [5.74, 6) is 1.07. The Morgan fingerprint density at radius 1 is 1.27 bits per heavy atom. The molecule has 0 spiro atoms. The van der Waals surface area contributed by atoms with E-state index in [-0.39, 0.29) is 5.54 Å². The number of carbonyl (C=O) groups is 1. The summed E-state index contributed by atoms with van der Waals surface area (Å²) in [6, 6.07) is 1.76. The molecule has 10 nitrogen and oxygen atoms in total. The van der Waals surface area contributed by atoms with Crippen LogP contribution in [0.1, 0.15) is 40.5 Å². The number of aromatic amines is 1. The molecule has 176 valence electrons. The molecule has 0 bridgehead atoms. The molecule has 0 atom stereocenters. The minimum Gasteiger partial charge on any atom is -0.480 e. The Hall–Kier alpha value is -3.14. The zero-order valence-corrected chi connectivity index (χ0v) is 20.2. The highest BCUT2D eigenvalue weighted by Crippen LogP contribution is 2.35. The van der Waals surface area contributed by atoms with Crippen molar-refractivity contribution < 1.29 is 14.3 Å². The number of nitrogens with zero attached hydrogens (tertiary/aromatic N) is 5. The van der Waals surface area contributed by atoms with Crippen LogP contribution in [0.15, 0.2) is 18.5 Å². The predicted molar refractivity (Wildman–Crippen MR) is 126 cm³/mol. The van der Waals surface area contributed by atoms with Gasteiger partial charge in [-0.3, -0.25) is 5.10 Å². The normalized spacial score (nSPS) is 16.0. The molecule has 4 heterocycles. The van der Waals surface area contributed by atoms with Crippen LogP contribution in [0.5, 0.6) is 5.88 Å². The Balaban J connectivity index is 1.48. The van der Waals surface area contributed by atoms with E-state index in [1.54, 1.807) is 18.5 Å². The van der Waals surface area contributed by atoms with Gasteiger partial charge in [-0.15, -0.1) is 0 Å². The van der Waals surface area contributed by atoms with Crippen LogP contribution in [0.3, 0.4) is 0 Å². The fraction of sp³-hybridized carbons (Fsp3) is 0.500. The SMILES string of the molecule is COc1nccc(-c2n[nH]c3nc(N4CCC(C)(NC(=O)OC(C)(C)C)CC4)cnc23)c1Cl. The van der Waals surface area contributed by atoms with Crippen LogP contribution in [-0.2, 0) is 4.74 Å². The summed E-state index contributed by atoms with van der Waals surface area (Å²) in [6.45, 7) is 9.05. The highest BCUT2D eigenvalue weighted by Gasteiger charge is 2.33. The number of methoxy groups -OCH3 is 1. The second-order valence-corrected chi connectivity index (χ2v) is 9.73. The predicted octanol–water partition coefficient (Wildman–Crippen LogP) is 3.96. The van der Waals surface area contributed by atoms with E-state index in [1.807, 2.05) is 27.7 Å². The molecule has 1 saturated heterocycles. The number of aromatic nitrogens is 5. The number of pyridine rings is 1. The summed E-state index contributed by atoms with van der Waals surface area (Å²) < 4.78 is 10.6. The van der Waals surface area contributed by atoms with Crippen LogP contribution >= 0.6 is 11.6 Å². The lowest BCUT2D eigenvalue weighted by atomic mass is 9.90. The maximum Gasteiger partial charge on any atom is 0.408 e. The molecule has 1 aliphatic heterocycles. The summed E-state index contributed by atoms with van der Waals surface area (Å²) in [5, 5.41) is 10.7. The van der Waals surface area contributed by atoms with Gasteiger partial charge in [-0.1, -0.05) is 11.6 Å². The van der Waals surface area contributed by atoms with Crippen molar-refractivity contribution >= 4 is 34.7 Å². The molecule has 0 aliphatic carbocycles. The van der Waals surface area contributed by atoms with Gasteiger partial charge in [0.2, 0.25) is 5.88 Å². The summed E-state index contributed by atoms with van der Waals surface area (Å²) in [6.07, 6.45) is 4.46. The maximum atomic E-state index is 12.2. The van der Waals surface area contributed by atoms with E-state index in [1.165, 1.54) is 7.11 Å². The molecular weight excluding hydrogens is 446 g/mol. The largest absolute Gasteiger partial charge is 0.480 e. The van der Waals surface area contributed by atoms with Crippen LogP contribution in [0.4, 0.5) is 10.6 Å². The van der Waals surface area contributed by atoms with Crippen LogP contribution in [0, 0.1) is 0 Å². The van der Waals surface area contributed by atoms with Crippen molar-refractivity contribution in [2.24, 2.45) is 0 Å². The van der Waals surface area contributed by atoms with E-state index in [0.29, 0.717) is 33.3 Å². The van der Waals surface area contributed by atoms with Crippen molar-refractivity contribution in [1.29, 1.82) is 0 Å². The van der Waals surface area contributed by atoms with Gasteiger partial charge in [0.25, 0.3) is 0 Å². The van der Waals surface area contributed by atoms with Gasteiger partial charge in [0.1, 0.15) is 27.7 Å². The van der Waals surface area contributed by atoms with Crippen molar-refractivity contribution in [3.8, 4) is 17.1 Å². The first-order valence-corrected chi connectivity index (χ1v) is 11.1. The highest BCUT2D eigenvalue weighted by molar-refractivity contribution is 6.34. The van der Waals surface area contributed by atoms with Crippen LogP contribution in [0.25, 0.3) is 22.4 Å². The molecule has 0 radical (unpaired) electrons. The zero-order valence-electron chi connectivity index (χ0n) is 19.4. The van der Waals surface area contributed by atoms with E-state index in [9.17, 15) is 4.79 Å². The van der Waals surface area contributed by atoms with Gasteiger partial charge in [-0.2, -0.15) is 5.10 Å². The number of H-pyrrole nitrogens is 1. The van der Waals surface area contributed by atoms with E-state index in [2.05, 4.69) is 30.4 Å². The number of alkyl carbamates (subject to hydrolysis) is 1. The standard InChI is InChI=1S/C22H28ClN7O3/c1-21(2,3)33-20(31)27-22(4)7-10-30(11-8-22)14-12-25-17-16(28-29-18(17)26-14)13-6-9-24-19(32-5)15(13)23/h6,9,12H,7-8,10-11H2,1-5H3,(H,27,31)(H,26,28,29). The first-order valence-electron chi connectivity index (χ1n) is 10.7. The first-order chi connectivity index (χ1) is 15.6. The van der Waals surface area contributed by atoms with Gasteiger partial charge >= 0.3 is 6.09 Å². The Bertz CT molecular complexity index is 1170. The Labute approximate surface area is 197 Å². The number of amides is 1. The lowest BCUT2D eigenvalue weighted by Crippen LogP contribution is -2.54. The number of halogens is 1. The van der Waals surface area contributed by atoms with E-state index >= 15 is 0 Å². The molecule has 3 aromatic heterocycles. The molecule has 0 saturated carbocycles. The summed E-state index contributed by atoms with van der Waals surface area (Å²) in [4.78, 5) is 27.8. The van der Waals surface area contributed by atoms with Gasteiger partial charge in [0, 0.05) is 30.4 Å². The third-order valence-corrected chi connectivity index (χ3v) is 5.92. The monoisotopic (exact) mass is 473 g/mol. The number of carbonyl (C=O) groups excluding carboxylic acids is 1. The fourth-order valence-corrected chi connectivity index (χ4v) is 4.07. The minimum absolute atomic E-state index is 0.325. The first kappa shape index (κ1) is 23.0. The van der Waals surface area contributed by atoms with Crippen LogP contribution in [-0.4, -0.2) is 62.6 Å². The highest BCUT2D eigenvalue weighted by atomic mass is 35.5. The number of fused-ring (bicyclic) bond motifs is 1. The Morgan fingerprint density at radius 2 is 2.00 bits per heavy atom. The van der Waals surface area contributed by atoms with E-state index in [4.69, 9.17) is 26.1 Å². The third-order valence-electron chi connectivity index (χ3n) is 5.56. The maximum absolute atomic E-state index is 12.2. The molecule has 1 amide bonds. The van der Waals surface area contributed by atoms with Crippen molar-refractivity contribution in [2.45, 2.75) is 51.7 Å². The van der Waals surface area contributed by atoms with Crippen LogP contribution < -0.4 is 15.0 Å².